The maximum absolute atomic E-state index is 4.88. The van der Waals surface area contributed by atoms with Crippen LogP contribution in [0.5, 0.6) is 0 Å². The molecule has 2 aromatic rings. The fourth-order valence-electron chi connectivity index (χ4n) is 3.82. The van der Waals surface area contributed by atoms with Gasteiger partial charge in [0.1, 0.15) is 0 Å². The van der Waals surface area contributed by atoms with E-state index < -0.39 is 6.89 Å². The third-order valence-electron chi connectivity index (χ3n) is 5.78. The first-order valence-corrected chi connectivity index (χ1v) is 13.6. The van der Waals surface area contributed by atoms with Crippen LogP contribution in [0, 0.1) is 0 Å². The summed E-state index contributed by atoms with van der Waals surface area (Å²) in [6.07, 6.45) is 15.3. The van der Waals surface area contributed by atoms with E-state index >= 15 is 0 Å². The van der Waals surface area contributed by atoms with Crippen molar-refractivity contribution >= 4 is 13.2 Å². The van der Waals surface area contributed by atoms with Gasteiger partial charge >= 0.3 is 0 Å². The first-order chi connectivity index (χ1) is 14.4. The van der Waals surface area contributed by atoms with Gasteiger partial charge in [-0.25, -0.2) is 0 Å². The second kappa shape index (κ2) is 10.1. The highest BCUT2D eigenvalue weighted by molar-refractivity contribution is 7.76. The Morgan fingerprint density at radius 1 is 0.774 bits per heavy atom. The van der Waals surface area contributed by atoms with E-state index in [2.05, 4.69) is 122 Å². The third kappa shape index (κ3) is 6.98. The Morgan fingerprint density at radius 3 is 1.45 bits per heavy atom. The molecule has 0 atom stereocenters. The van der Waals surface area contributed by atoms with Crippen molar-refractivity contribution in [2.45, 2.75) is 71.6 Å². The van der Waals surface area contributed by atoms with Crippen molar-refractivity contribution < 1.29 is 0 Å². The molecule has 0 aliphatic carbocycles. The van der Waals surface area contributed by atoms with Gasteiger partial charge in [0.2, 0.25) is 0 Å². The van der Waals surface area contributed by atoms with Crippen molar-refractivity contribution in [3.8, 4) is 0 Å². The predicted molar refractivity (Wildman–Crippen MR) is 145 cm³/mol. The van der Waals surface area contributed by atoms with Crippen molar-refractivity contribution in [2.24, 2.45) is 0 Å². The first-order valence-electron chi connectivity index (χ1n) is 11.3. The molecule has 2 rings (SSSR count). The van der Waals surface area contributed by atoms with Crippen molar-refractivity contribution in [3.63, 3.8) is 0 Å². The minimum atomic E-state index is -1.71. The molecule has 0 fully saturated rings. The predicted octanol–water partition coefficient (Wildman–Crippen LogP) is 9.08. The Labute approximate surface area is 191 Å². The Hall–Kier alpha value is -2.04. The van der Waals surface area contributed by atoms with Gasteiger partial charge in [0.15, 0.2) is 0 Å². The van der Waals surface area contributed by atoms with E-state index in [0.717, 1.165) is 12.3 Å². The van der Waals surface area contributed by atoms with E-state index in [1.807, 2.05) is 6.08 Å². The molecule has 0 saturated heterocycles. The summed E-state index contributed by atoms with van der Waals surface area (Å²) >= 11 is 0. The molecule has 2 aromatic carbocycles. The Morgan fingerprint density at radius 2 is 1.16 bits per heavy atom. The lowest BCUT2D eigenvalue weighted by atomic mass is 9.87. The lowest BCUT2D eigenvalue weighted by molar-refractivity contribution is 0.590. The normalized spacial score (nSPS) is 13.6. The lowest BCUT2D eigenvalue weighted by Gasteiger charge is -2.28. The molecule has 0 aromatic heterocycles. The van der Waals surface area contributed by atoms with Crippen molar-refractivity contribution in [1.29, 1.82) is 0 Å². The third-order valence-corrected chi connectivity index (χ3v) is 9.12. The van der Waals surface area contributed by atoms with Crippen LogP contribution < -0.4 is 0 Å². The summed E-state index contributed by atoms with van der Waals surface area (Å²) in [5, 5.41) is 1.32. The van der Waals surface area contributed by atoms with Gasteiger partial charge in [-0.15, -0.1) is 0 Å². The average Bonchev–Trinajstić information content (AvgIpc) is 2.67. The van der Waals surface area contributed by atoms with Gasteiger partial charge < -0.3 is 0 Å². The largest absolute Gasteiger partial charge is 0.0990 e. The summed E-state index contributed by atoms with van der Waals surface area (Å²) < 4.78 is 0. The van der Waals surface area contributed by atoms with Crippen molar-refractivity contribution in [3.05, 3.63) is 107 Å². The van der Waals surface area contributed by atoms with E-state index in [1.165, 1.54) is 27.6 Å². The zero-order valence-electron chi connectivity index (χ0n) is 20.7. The van der Waals surface area contributed by atoms with E-state index in [1.54, 1.807) is 0 Å². The second-order valence-electron chi connectivity index (χ2n) is 10.7. The van der Waals surface area contributed by atoms with Crippen molar-refractivity contribution in [1.82, 2.24) is 0 Å². The van der Waals surface area contributed by atoms with Gasteiger partial charge in [0, 0.05) is 0 Å². The van der Waals surface area contributed by atoms with E-state index in [0.29, 0.717) is 0 Å². The van der Waals surface area contributed by atoms with E-state index in [4.69, 9.17) is 6.30 Å². The highest BCUT2D eigenvalue weighted by atomic mass is 31.2. The van der Waals surface area contributed by atoms with Crippen LogP contribution in [0.15, 0.2) is 84.7 Å². The summed E-state index contributed by atoms with van der Waals surface area (Å²) in [6, 6.07) is 18.3. The minimum Gasteiger partial charge on any atom is -0.0990 e. The van der Waals surface area contributed by atoms with E-state index in [9.17, 15) is 0 Å². The molecular formula is C30H41P. The summed E-state index contributed by atoms with van der Waals surface area (Å²) in [5.41, 5.74) is 5.81. The number of allylic oxidation sites excluding steroid dienone is 5. The van der Waals surface area contributed by atoms with Gasteiger partial charge in [-0.3, -0.25) is 0 Å². The quantitative estimate of drug-likeness (QED) is 0.302. The van der Waals surface area contributed by atoms with Gasteiger partial charge in [0.05, 0.1) is 0 Å². The zero-order chi connectivity index (χ0) is 23.3. The molecule has 0 aliphatic heterocycles. The molecule has 0 amide bonds. The molecule has 0 nitrogen and oxygen atoms in total. The van der Waals surface area contributed by atoms with Gasteiger partial charge in [-0.05, 0) is 57.6 Å². The molecule has 0 N–H and O–H groups in total. The number of hydrogen-bond donors (Lipinski definition) is 0. The smallest absolute Gasteiger partial charge is 0.00388 e. The fourth-order valence-corrected chi connectivity index (χ4v) is 7.00. The molecule has 166 valence electrons. The molecule has 0 heterocycles. The van der Waals surface area contributed by atoms with Crippen LogP contribution in [0.1, 0.15) is 70.7 Å². The molecule has 0 radical (unpaired) electrons. The summed E-state index contributed by atoms with van der Waals surface area (Å²) in [6.45, 7) is 17.9. The fraction of sp³-hybridized carbons (Fsp3) is 0.367. The lowest BCUT2D eigenvalue weighted by Crippen LogP contribution is -2.11. The molecule has 0 spiro atoms. The first kappa shape index (κ1) is 25.2. The number of hydrogen-bond acceptors (Lipinski definition) is 0. The molecule has 0 aliphatic rings. The average molecular weight is 433 g/mol. The molecule has 1 heteroatoms. The summed E-state index contributed by atoms with van der Waals surface area (Å²) in [7, 11) is 0. The molecular weight excluding hydrogens is 391 g/mol. The topological polar surface area (TPSA) is 0 Å². The second-order valence-corrected chi connectivity index (χ2v) is 14.1. The molecule has 31 heavy (non-hydrogen) atoms. The standard InChI is InChI=1S/C30H41P/c1-10-12-28(13-11-2)31(9,22-24-14-18-26(19-15-24)29(3,4)5)23-25-16-20-27(21-17-25)30(6,7)8/h10-21H,1,9,22-23H2,2-8H3/b13-11-,28-12+. The van der Waals surface area contributed by atoms with Crippen LogP contribution in [-0.2, 0) is 23.2 Å². The van der Waals surface area contributed by atoms with Crippen molar-refractivity contribution in [2.75, 3.05) is 0 Å². The zero-order valence-corrected chi connectivity index (χ0v) is 21.6. The molecule has 0 bridgehead atoms. The minimum absolute atomic E-state index is 0.170. The van der Waals surface area contributed by atoms with Gasteiger partial charge in [-0.1, -0.05) is 134 Å². The van der Waals surface area contributed by atoms with E-state index in [-0.39, 0.29) is 10.8 Å². The van der Waals surface area contributed by atoms with Crippen LogP contribution in [0.2, 0.25) is 0 Å². The van der Waals surface area contributed by atoms with Crippen LogP contribution in [0.25, 0.3) is 0 Å². The number of benzene rings is 2. The van der Waals surface area contributed by atoms with Gasteiger partial charge in [0.25, 0.3) is 0 Å². The Kier molecular flexibility index (Phi) is 8.18. The Bertz CT molecular complexity index is 905. The van der Waals surface area contributed by atoms with Crippen LogP contribution in [-0.4, -0.2) is 6.30 Å². The summed E-state index contributed by atoms with van der Waals surface area (Å²) in [5.74, 6) is 0. The number of rotatable bonds is 7. The maximum Gasteiger partial charge on any atom is -0.00388 e. The Balaban J connectivity index is 2.43. The highest BCUT2D eigenvalue weighted by Crippen LogP contribution is 2.59. The SMILES string of the molecule is C=C/C=C(\C=C/C)P(=C)(Cc1ccc(C(C)(C)C)cc1)Cc1ccc(C(C)(C)C)cc1. The van der Waals surface area contributed by atoms with Gasteiger partial charge in [-0.2, -0.15) is 0 Å². The van der Waals surface area contributed by atoms with Crippen LogP contribution in [0.3, 0.4) is 0 Å². The summed E-state index contributed by atoms with van der Waals surface area (Å²) in [4.78, 5) is 0. The molecule has 0 saturated carbocycles. The van der Waals surface area contributed by atoms with Crippen LogP contribution >= 0.6 is 6.89 Å². The molecule has 0 unspecified atom stereocenters. The monoisotopic (exact) mass is 432 g/mol. The highest BCUT2D eigenvalue weighted by Gasteiger charge is 2.21. The maximum atomic E-state index is 4.88. The van der Waals surface area contributed by atoms with Crippen LogP contribution in [0.4, 0.5) is 0 Å².